The molecule has 1 rings (SSSR count). The van der Waals surface area contributed by atoms with Gasteiger partial charge in [-0.05, 0) is 24.9 Å². The quantitative estimate of drug-likeness (QED) is 0.553. The van der Waals surface area contributed by atoms with Gasteiger partial charge in [-0.25, -0.2) is 0 Å². The van der Waals surface area contributed by atoms with Crippen molar-refractivity contribution in [2.75, 3.05) is 0 Å². The first-order valence-corrected chi connectivity index (χ1v) is 4.07. The Hall–Kier alpha value is 0.310. The van der Waals surface area contributed by atoms with Crippen LogP contribution < -0.4 is 0 Å². The molecule has 0 bridgehead atoms. The molecule has 0 aromatic heterocycles. The first-order chi connectivity index (χ1) is 3.93. The highest BCUT2D eigenvalue weighted by molar-refractivity contribution is 7.94. The largest absolute Gasteiger partial charge is 0.330 e. The van der Waals surface area contributed by atoms with E-state index in [0.717, 1.165) is 12.0 Å². The second kappa shape index (κ2) is 3.36. The Morgan fingerprint density at radius 2 is 1.75 bits per heavy atom. The molecular weight excluding hydrogens is 120 g/mol. The fourth-order valence-corrected chi connectivity index (χ4v) is 1.71. The van der Waals surface area contributed by atoms with E-state index < -0.39 is 0 Å². The van der Waals surface area contributed by atoms with Gasteiger partial charge >= 0.3 is 0 Å². The minimum absolute atomic E-state index is 0.559. The predicted molar refractivity (Wildman–Crippen MR) is 37.1 cm³/mol. The van der Waals surface area contributed by atoms with Crippen LogP contribution in [0.3, 0.4) is 0 Å². The minimum atomic E-state index is 0.559. The molecule has 1 saturated carbocycles. The molecule has 48 valence electrons. The Labute approximate surface area is 54.7 Å². The van der Waals surface area contributed by atoms with Gasteiger partial charge in [-0.2, -0.15) is 0 Å². The van der Waals surface area contributed by atoms with Crippen molar-refractivity contribution in [1.29, 1.82) is 0 Å². The molecule has 0 aromatic rings. The highest BCUT2D eigenvalue weighted by Gasteiger charge is 2.11. The van der Waals surface area contributed by atoms with E-state index in [1.54, 1.807) is 0 Å². The summed E-state index contributed by atoms with van der Waals surface area (Å²) < 4.78 is 8.61. The maximum absolute atomic E-state index is 8.61. The number of hydrogen-bond donors (Lipinski definition) is 1. The van der Waals surface area contributed by atoms with Gasteiger partial charge in [0.25, 0.3) is 0 Å². The van der Waals surface area contributed by atoms with Crippen LogP contribution in [0.15, 0.2) is 0 Å². The van der Waals surface area contributed by atoms with Crippen molar-refractivity contribution < 1.29 is 4.55 Å². The van der Waals surface area contributed by atoms with Crippen molar-refractivity contribution >= 4 is 12.0 Å². The highest BCUT2D eigenvalue weighted by atomic mass is 32.2. The summed E-state index contributed by atoms with van der Waals surface area (Å²) in [7, 11) is 0. The first kappa shape index (κ1) is 6.43. The van der Waals surface area contributed by atoms with E-state index in [1.165, 1.54) is 32.1 Å². The molecule has 1 aliphatic rings. The Kier molecular flexibility index (Phi) is 2.70. The zero-order chi connectivity index (χ0) is 5.82. The second-order valence-electron chi connectivity index (χ2n) is 2.37. The van der Waals surface area contributed by atoms with Crippen molar-refractivity contribution in [2.24, 2.45) is 0 Å². The summed E-state index contributed by atoms with van der Waals surface area (Å²) in [6.07, 6.45) is 6.45. The Balaban J connectivity index is 2.13. The van der Waals surface area contributed by atoms with Gasteiger partial charge in [0.1, 0.15) is 0 Å². The lowest BCUT2D eigenvalue weighted by atomic mass is 10.0. The van der Waals surface area contributed by atoms with Crippen LogP contribution in [-0.2, 0) is 0 Å². The van der Waals surface area contributed by atoms with Crippen LogP contribution >= 0.6 is 12.0 Å². The topological polar surface area (TPSA) is 20.2 Å². The smallest absolute Gasteiger partial charge is 0.0308 e. The van der Waals surface area contributed by atoms with E-state index >= 15 is 0 Å². The molecule has 1 N–H and O–H groups in total. The lowest BCUT2D eigenvalue weighted by Crippen LogP contribution is -2.06. The normalized spacial score (nSPS) is 23.6. The van der Waals surface area contributed by atoms with Crippen LogP contribution in [0.25, 0.3) is 0 Å². The summed E-state index contributed by atoms with van der Waals surface area (Å²) in [6, 6.07) is 0. The molecule has 0 heterocycles. The van der Waals surface area contributed by atoms with Gasteiger partial charge in [0.15, 0.2) is 0 Å². The van der Waals surface area contributed by atoms with E-state index in [-0.39, 0.29) is 0 Å². The fraction of sp³-hybridized carbons (Fsp3) is 1.00. The third kappa shape index (κ3) is 1.67. The molecular formula is C6H12OS. The molecule has 0 atom stereocenters. The monoisotopic (exact) mass is 132 g/mol. The zero-order valence-corrected chi connectivity index (χ0v) is 5.78. The average molecular weight is 132 g/mol. The minimum Gasteiger partial charge on any atom is -0.330 e. The van der Waals surface area contributed by atoms with Gasteiger partial charge in [-0.3, -0.25) is 0 Å². The number of hydrogen-bond acceptors (Lipinski definition) is 2. The molecule has 1 aliphatic carbocycles. The summed E-state index contributed by atoms with van der Waals surface area (Å²) >= 11 is 1.05. The summed E-state index contributed by atoms with van der Waals surface area (Å²) in [5, 5.41) is 0.559. The van der Waals surface area contributed by atoms with Crippen LogP contribution in [0.4, 0.5) is 0 Å². The van der Waals surface area contributed by atoms with E-state index in [1.807, 2.05) is 0 Å². The molecule has 1 fully saturated rings. The standard InChI is InChI=1S/C6H12OS/c7-8-6-4-2-1-3-5-6/h6-7H,1-5H2. The molecule has 0 unspecified atom stereocenters. The average Bonchev–Trinajstić information content (AvgIpc) is 1.90. The van der Waals surface area contributed by atoms with Gasteiger partial charge in [-0.1, -0.05) is 19.3 Å². The summed E-state index contributed by atoms with van der Waals surface area (Å²) in [5.41, 5.74) is 0. The van der Waals surface area contributed by atoms with Gasteiger partial charge in [-0.15, -0.1) is 0 Å². The lowest BCUT2D eigenvalue weighted by Gasteiger charge is -2.16. The molecule has 0 saturated heterocycles. The van der Waals surface area contributed by atoms with E-state index in [2.05, 4.69) is 0 Å². The van der Waals surface area contributed by atoms with Crippen LogP contribution in [0.5, 0.6) is 0 Å². The Bertz CT molecular complexity index is 59.5. The molecule has 0 aliphatic heterocycles. The Morgan fingerprint density at radius 3 is 2.12 bits per heavy atom. The molecule has 2 heteroatoms. The van der Waals surface area contributed by atoms with Crippen LogP contribution in [0.1, 0.15) is 32.1 Å². The maximum atomic E-state index is 8.61. The molecule has 0 spiro atoms. The van der Waals surface area contributed by atoms with Crippen molar-refractivity contribution in [3.8, 4) is 0 Å². The van der Waals surface area contributed by atoms with E-state index in [4.69, 9.17) is 4.55 Å². The summed E-state index contributed by atoms with van der Waals surface area (Å²) in [4.78, 5) is 0. The van der Waals surface area contributed by atoms with Crippen LogP contribution in [-0.4, -0.2) is 9.80 Å². The Morgan fingerprint density at radius 1 is 1.12 bits per heavy atom. The molecule has 0 amide bonds. The van der Waals surface area contributed by atoms with Crippen LogP contribution in [0, 0.1) is 0 Å². The maximum Gasteiger partial charge on any atom is 0.0308 e. The summed E-state index contributed by atoms with van der Waals surface area (Å²) in [6.45, 7) is 0. The van der Waals surface area contributed by atoms with Crippen molar-refractivity contribution in [3.63, 3.8) is 0 Å². The fourth-order valence-electron chi connectivity index (χ4n) is 1.17. The van der Waals surface area contributed by atoms with Crippen molar-refractivity contribution in [2.45, 2.75) is 37.4 Å². The van der Waals surface area contributed by atoms with E-state index in [9.17, 15) is 0 Å². The lowest BCUT2D eigenvalue weighted by molar-refractivity contribution is 0.500. The summed E-state index contributed by atoms with van der Waals surface area (Å²) in [5.74, 6) is 0. The number of rotatable bonds is 1. The van der Waals surface area contributed by atoms with Crippen molar-refractivity contribution in [3.05, 3.63) is 0 Å². The van der Waals surface area contributed by atoms with Gasteiger partial charge in [0, 0.05) is 5.25 Å². The molecule has 0 radical (unpaired) electrons. The SMILES string of the molecule is OSC1CCCCC1. The zero-order valence-electron chi connectivity index (χ0n) is 4.97. The predicted octanol–water partition coefficient (Wildman–Crippen LogP) is 2.53. The van der Waals surface area contributed by atoms with E-state index in [0.29, 0.717) is 5.25 Å². The first-order valence-electron chi connectivity index (χ1n) is 3.23. The molecule has 8 heavy (non-hydrogen) atoms. The van der Waals surface area contributed by atoms with Gasteiger partial charge in [0.2, 0.25) is 0 Å². The molecule has 1 nitrogen and oxygen atoms in total. The highest BCUT2D eigenvalue weighted by Crippen LogP contribution is 2.25. The third-order valence-electron chi connectivity index (χ3n) is 1.70. The van der Waals surface area contributed by atoms with Crippen LogP contribution in [0.2, 0.25) is 0 Å². The molecule has 0 aromatic carbocycles. The van der Waals surface area contributed by atoms with Gasteiger partial charge < -0.3 is 4.55 Å². The third-order valence-corrected chi connectivity index (χ3v) is 2.47. The van der Waals surface area contributed by atoms with Crippen molar-refractivity contribution in [1.82, 2.24) is 0 Å². The van der Waals surface area contributed by atoms with Gasteiger partial charge in [0.05, 0.1) is 0 Å². The second-order valence-corrected chi connectivity index (χ2v) is 3.24.